The number of rotatable bonds is 4. The van der Waals surface area contributed by atoms with Crippen LogP contribution in [0.4, 0.5) is 14.6 Å². The maximum atomic E-state index is 12.4. The number of nitrogens with one attached hydrogen (secondary N) is 1. The summed E-state index contributed by atoms with van der Waals surface area (Å²) in [7, 11) is 0. The summed E-state index contributed by atoms with van der Waals surface area (Å²) >= 11 is 0. The molecule has 1 aromatic carbocycles. The summed E-state index contributed by atoms with van der Waals surface area (Å²) in [5.74, 6) is 0.440. The van der Waals surface area contributed by atoms with Crippen LogP contribution in [0.3, 0.4) is 0 Å². The van der Waals surface area contributed by atoms with Crippen LogP contribution in [0.2, 0.25) is 0 Å². The molecule has 7 heteroatoms. The quantitative estimate of drug-likeness (QED) is 0.945. The van der Waals surface area contributed by atoms with Gasteiger partial charge in [0.2, 0.25) is 5.91 Å². The van der Waals surface area contributed by atoms with E-state index in [1.54, 1.807) is 0 Å². The van der Waals surface area contributed by atoms with Crippen molar-refractivity contribution in [1.29, 1.82) is 0 Å². The Kier molecular flexibility index (Phi) is 4.04. The normalized spacial score (nSPS) is 17.0. The average molecular weight is 307 g/mol. The Morgan fingerprint density at radius 1 is 1.41 bits per heavy atom. The van der Waals surface area contributed by atoms with Crippen LogP contribution in [0.25, 0.3) is 0 Å². The maximum Gasteiger partial charge on any atom is 0.257 e. The first-order valence-electron chi connectivity index (χ1n) is 6.97. The zero-order valence-electron chi connectivity index (χ0n) is 11.7. The van der Waals surface area contributed by atoms with E-state index in [1.807, 2.05) is 24.3 Å². The molecule has 0 fully saturated rings. The Labute approximate surface area is 125 Å². The van der Waals surface area contributed by atoms with E-state index in [2.05, 4.69) is 10.4 Å². The minimum absolute atomic E-state index is 0.210. The largest absolute Gasteiger partial charge is 0.493 e. The molecule has 1 aliphatic rings. The maximum absolute atomic E-state index is 12.4. The number of halogens is 2. The van der Waals surface area contributed by atoms with Gasteiger partial charge in [0.1, 0.15) is 12.3 Å². The molecule has 0 bridgehead atoms. The Bertz CT molecular complexity index is 672. The highest BCUT2D eigenvalue weighted by atomic mass is 19.3. The van der Waals surface area contributed by atoms with E-state index in [1.165, 1.54) is 12.3 Å². The average Bonchev–Trinajstić information content (AvgIpc) is 2.92. The van der Waals surface area contributed by atoms with Gasteiger partial charge in [0.15, 0.2) is 5.82 Å². The summed E-state index contributed by atoms with van der Waals surface area (Å²) in [5, 5.41) is 6.59. The minimum atomic E-state index is -2.48. The number of hydrogen-bond donors (Lipinski definition) is 1. The smallest absolute Gasteiger partial charge is 0.257 e. The van der Waals surface area contributed by atoms with E-state index in [0.29, 0.717) is 18.8 Å². The van der Waals surface area contributed by atoms with E-state index >= 15 is 0 Å². The third-order valence-corrected chi connectivity index (χ3v) is 3.49. The molecule has 1 atom stereocenters. The highest BCUT2D eigenvalue weighted by Gasteiger charge is 2.27. The van der Waals surface area contributed by atoms with Crippen molar-refractivity contribution in [3.63, 3.8) is 0 Å². The van der Waals surface area contributed by atoms with Crippen molar-refractivity contribution in [3.8, 4) is 5.75 Å². The number of anilines is 1. The van der Waals surface area contributed by atoms with Gasteiger partial charge in [-0.25, -0.2) is 8.78 Å². The van der Waals surface area contributed by atoms with Gasteiger partial charge < -0.3 is 10.1 Å². The monoisotopic (exact) mass is 307 g/mol. The topological polar surface area (TPSA) is 56.2 Å². The van der Waals surface area contributed by atoms with Crippen LogP contribution >= 0.6 is 0 Å². The first kappa shape index (κ1) is 14.5. The lowest BCUT2D eigenvalue weighted by molar-refractivity contribution is -0.118. The minimum Gasteiger partial charge on any atom is -0.493 e. The molecule has 1 aromatic heterocycles. The molecule has 2 aromatic rings. The molecular weight excluding hydrogens is 292 g/mol. The number of fused-ring (bicyclic) bond motifs is 1. The van der Waals surface area contributed by atoms with Gasteiger partial charge in [-0.15, -0.1) is 0 Å². The third-order valence-electron chi connectivity index (χ3n) is 3.49. The Morgan fingerprint density at radius 2 is 2.23 bits per heavy atom. The Hall–Kier alpha value is -2.44. The van der Waals surface area contributed by atoms with E-state index in [4.69, 9.17) is 4.74 Å². The van der Waals surface area contributed by atoms with E-state index in [0.717, 1.165) is 10.2 Å². The van der Waals surface area contributed by atoms with Crippen molar-refractivity contribution in [2.75, 3.05) is 11.9 Å². The molecule has 0 saturated carbocycles. The van der Waals surface area contributed by atoms with Crippen LogP contribution < -0.4 is 10.1 Å². The van der Waals surface area contributed by atoms with Gasteiger partial charge in [-0.1, -0.05) is 18.2 Å². The fourth-order valence-corrected chi connectivity index (χ4v) is 2.50. The van der Waals surface area contributed by atoms with Gasteiger partial charge in [0.25, 0.3) is 6.43 Å². The van der Waals surface area contributed by atoms with Gasteiger partial charge in [0.05, 0.1) is 12.5 Å². The number of alkyl halides is 2. The molecule has 5 nitrogen and oxygen atoms in total. The number of carbonyl (C=O) groups excluding carboxylic acids is 1. The van der Waals surface area contributed by atoms with Gasteiger partial charge in [-0.3, -0.25) is 9.48 Å². The molecule has 2 heterocycles. The zero-order chi connectivity index (χ0) is 15.5. The SMILES string of the molecule is O=C(Nc1ccn(CC(F)F)n1)[C@H]1CCOc2ccccc21. The highest BCUT2D eigenvalue weighted by molar-refractivity contribution is 5.95. The van der Waals surface area contributed by atoms with Gasteiger partial charge in [0, 0.05) is 17.8 Å². The van der Waals surface area contributed by atoms with Crippen LogP contribution in [0, 0.1) is 0 Å². The standard InChI is InChI=1S/C15H15F2N3O2/c16-13(17)9-20-7-5-14(19-20)18-15(21)11-6-8-22-12-4-2-1-3-10(11)12/h1-5,7,11,13H,6,8-9H2,(H,18,19,21)/t11-/m0/s1. The van der Waals surface area contributed by atoms with Gasteiger partial charge in [-0.2, -0.15) is 5.10 Å². The molecule has 0 saturated heterocycles. The van der Waals surface area contributed by atoms with Crippen molar-refractivity contribution in [1.82, 2.24) is 9.78 Å². The lowest BCUT2D eigenvalue weighted by Crippen LogP contribution is -2.26. The van der Waals surface area contributed by atoms with E-state index < -0.39 is 13.0 Å². The Morgan fingerprint density at radius 3 is 3.05 bits per heavy atom. The molecule has 0 unspecified atom stereocenters. The van der Waals surface area contributed by atoms with Crippen molar-refractivity contribution >= 4 is 11.7 Å². The lowest BCUT2D eigenvalue weighted by Gasteiger charge is -2.24. The molecular formula is C15H15F2N3O2. The van der Waals surface area contributed by atoms with Crippen molar-refractivity contribution in [2.45, 2.75) is 25.3 Å². The van der Waals surface area contributed by atoms with Crippen molar-refractivity contribution < 1.29 is 18.3 Å². The first-order chi connectivity index (χ1) is 10.6. The van der Waals surface area contributed by atoms with Crippen LogP contribution in [-0.2, 0) is 11.3 Å². The van der Waals surface area contributed by atoms with Crippen LogP contribution in [0.1, 0.15) is 17.9 Å². The number of ether oxygens (including phenoxy) is 1. The van der Waals surface area contributed by atoms with Gasteiger partial charge >= 0.3 is 0 Å². The van der Waals surface area contributed by atoms with E-state index in [9.17, 15) is 13.6 Å². The van der Waals surface area contributed by atoms with Crippen molar-refractivity contribution in [3.05, 3.63) is 42.1 Å². The fourth-order valence-electron chi connectivity index (χ4n) is 2.50. The summed E-state index contributed by atoms with van der Waals surface area (Å²) in [4.78, 5) is 12.4. The molecule has 1 aliphatic heterocycles. The lowest BCUT2D eigenvalue weighted by atomic mass is 9.92. The fraction of sp³-hybridized carbons (Fsp3) is 0.333. The van der Waals surface area contributed by atoms with E-state index in [-0.39, 0.29) is 17.6 Å². The molecule has 1 N–H and O–H groups in total. The summed E-state index contributed by atoms with van der Waals surface area (Å²) in [6.07, 6.45) is -0.494. The second kappa shape index (κ2) is 6.13. The van der Waals surface area contributed by atoms with Crippen molar-refractivity contribution in [2.24, 2.45) is 0 Å². The number of nitrogens with zero attached hydrogens (tertiary/aromatic N) is 2. The number of para-hydroxylation sites is 1. The number of hydrogen-bond acceptors (Lipinski definition) is 3. The first-order valence-corrected chi connectivity index (χ1v) is 6.97. The third kappa shape index (κ3) is 3.08. The van der Waals surface area contributed by atoms with Crippen LogP contribution in [0.5, 0.6) is 5.75 Å². The summed E-state index contributed by atoms with van der Waals surface area (Å²) in [6.45, 7) is -0.0229. The summed E-state index contributed by atoms with van der Waals surface area (Å²) in [6, 6.07) is 8.89. The molecule has 0 spiro atoms. The number of carbonyl (C=O) groups is 1. The molecule has 0 aliphatic carbocycles. The molecule has 0 radical (unpaired) electrons. The highest BCUT2D eigenvalue weighted by Crippen LogP contribution is 2.33. The second-order valence-corrected chi connectivity index (χ2v) is 5.03. The number of aromatic nitrogens is 2. The van der Waals surface area contributed by atoms with Gasteiger partial charge in [-0.05, 0) is 12.5 Å². The molecule has 116 valence electrons. The predicted octanol–water partition coefficient (Wildman–Crippen LogP) is 2.65. The molecule has 3 rings (SSSR count). The Balaban J connectivity index is 1.71. The van der Waals surface area contributed by atoms with Crippen LogP contribution in [-0.4, -0.2) is 28.7 Å². The number of benzene rings is 1. The second-order valence-electron chi connectivity index (χ2n) is 5.03. The summed E-state index contributed by atoms with van der Waals surface area (Å²) in [5.41, 5.74) is 0.832. The zero-order valence-corrected chi connectivity index (χ0v) is 11.7. The molecule has 22 heavy (non-hydrogen) atoms. The molecule has 1 amide bonds. The number of amides is 1. The van der Waals surface area contributed by atoms with Crippen LogP contribution in [0.15, 0.2) is 36.5 Å². The summed E-state index contributed by atoms with van der Waals surface area (Å²) < 4.78 is 31.2. The predicted molar refractivity (Wildman–Crippen MR) is 76.2 cm³/mol.